The summed E-state index contributed by atoms with van der Waals surface area (Å²) in [5.41, 5.74) is 0. The third kappa shape index (κ3) is 1.98. The van der Waals surface area contributed by atoms with Gasteiger partial charge in [0, 0.05) is 0 Å². The first-order chi connectivity index (χ1) is 8.60. The average Bonchev–Trinajstić information content (AvgIpc) is 2.85. The molecule has 0 unspecified atom stereocenters. The number of fused-ring (bicyclic) bond motifs is 2. The van der Waals surface area contributed by atoms with Gasteiger partial charge >= 0.3 is 12.2 Å². The first kappa shape index (κ1) is 12.9. The first-order valence-corrected chi connectivity index (χ1v) is 6.20. The molecule has 0 radical (unpaired) electrons. The van der Waals surface area contributed by atoms with E-state index in [9.17, 15) is 14.7 Å². The van der Waals surface area contributed by atoms with Gasteiger partial charge in [0.05, 0.1) is 31.4 Å². The number of carbonyl (C=O) groups is 2. The van der Waals surface area contributed by atoms with Crippen molar-refractivity contribution < 1.29 is 24.2 Å². The van der Waals surface area contributed by atoms with Crippen molar-refractivity contribution in [1.29, 1.82) is 0 Å². The van der Waals surface area contributed by atoms with Crippen LogP contribution in [-0.2, 0) is 9.47 Å². The fraction of sp³-hybridized carbons (Fsp3) is 0.818. The number of ether oxygens (including phenoxy) is 2. The van der Waals surface area contributed by atoms with Crippen LogP contribution in [0.1, 0.15) is 26.7 Å². The van der Waals surface area contributed by atoms with Crippen molar-refractivity contribution in [2.45, 2.75) is 44.9 Å². The van der Waals surface area contributed by atoms with Crippen LogP contribution in [0.5, 0.6) is 0 Å². The number of amides is 2. The highest BCUT2D eigenvalue weighted by molar-refractivity contribution is 5.76. The molecule has 2 amide bonds. The zero-order chi connectivity index (χ0) is 13.3. The van der Waals surface area contributed by atoms with Crippen LogP contribution in [0.15, 0.2) is 0 Å². The summed E-state index contributed by atoms with van der Waals surface area (Å²) in [6.07, 6.45) is -0.745. The third-order valence-electron chi connectivity index (χ3n) is 3.27. The molecule has 1 saturated heterocycles. The summed E-state index contributed by atoms with van der Waals surface area (Å²) < 4.78 is 9.84. The van der Waals surface area contributed by atoms with Gasteiger partial charge in [0.2, 0.25) is 0 Å². The average molecular weight is 258 g/mol. The van der Waals surface area contributed by atoms with Crippen LogP contribution in [0.4, 0.5) is 9.59 Å². The van der Waals surface area contributed by atoms with Gasteiger partial charge in [-0.2, -0.15) is 0 Å². The van der Waals surface area contributed by atoms with E-state index in [0.29, 0.717) is 12.8 Å². The predicted octanol–water partition coefficient (Wildman–Crippen LogP) is 0.724. The highest BCUT2D eigenvalue weighted by Crippen LogP contribution is 2.38. The lowest BCUT2D eigenvalue weighted by Crippen LogP contribution is -2.57. The van der Waals surface area contributed by atoms with Gasteiger partial charge in [-0.1, -0.05) is 0 Å². The molecule has 0 spiro atoms. The van der Waals surface area contributed by atoms with Crippen LogP contribution >= 0.6 is 0 Å². The van der Waals surface area contributed by atoms with E-state index in [2.05, 4.69) is 0 Å². The molecule has 0 aromatic rings. The van der Waals surface area contributed by atoms with Crippen molar-refractivity contribution in [2.75, 3.05) is 13.2 Å². The topological polar surface area (TPSA) is 79.3 Å². The van der Waals surface area contributed by atoms with Crippen molar-refractivity contribution in [3.05, 3.63) is 0 Å². The number of hydrogen-bond donors (Lipinski definition) is 1. The molecule has 0 aromatic carbocycles. The maximum absolute atomic E-state index is 11.8. The van der Waals surface area contributed by atoms with Crippen LogP contribution in [0.2, 0.25) is 0 Å². The van der Waals surface area contributed by atoms with E-state index in [1.807, 2.05) is 0 Å². The van der Waals surface area contributed by atoms with Gasteiger partial charge in [0.25, 0.3) is 0 Å². The van der Waals surface area contributed by atoms with E-state index in [4.69, 9.17) is 9.47 Å². The molecule has 1 heterocycles. The number of hydrogen-bond acceptors (Lipinski definition) is 5. The quantitative estimate of drug-likeness (QED) is 0.789. The van der Waals surface area contributed by atoms with Gasteiger partial charge in [-0.3, -0.25) is 0 Å². The maximum atomic E-state index is 11.8. The lowest BCUT2D eigenvalue weighted by molar-refractivity contribution is -0.0730. The lowest BCUT2D eigenvalue weighted by atomic mass is 10.2. The first-order valence-electron chi connectivity index (χ1n) is 6.20. The highest BCUT2D eigenvalue weighted by Gasteiger charge is 2.55. The highest BCUT2D eigenvalue weighted by atomic mass is 16.6. The second-order valence-corrected chi connectivity index (χ2v) is 4.35. The Labute approximate surface area is 105 Å². The Balaban J connectivity index is 2.16. The van der Waals surface area contributed by atoms with Gasteiger partial charge in [-0.15, -0.1) is 0 Å². The normalized spacial score (nSPS) is 29.6. The zero-order valence-electron chi connectivity index (χ0n) is 10.5. The minimum absolute atomic E-state index is 0.187. The molecule has 0 aromatic heterocycles. The van der Waals surface area contributed by atoms with Crippen LogP contribution in [0.3, 0.4) is 0 Å². The van der Waals surface area contributed by atoms with E-state index in [0.717, 1.165) is 0 Å². The minimum atomic E-state index is -0.614. The molecule has 2 aliphatic rings. The minimum Gasteiger partial charge on any atom is -0.448 e. The van der Waals surface area contributed by atoms with E-state index in [1.165, 1.54) is 10.0 Å². The summed E-state index contributed by atoms with van der Waals surface area (Å²) in [5, 5.41) is 12.3. The largest absolute Gasteiger partial charge is 0.448 e. The summed E-state index contributed by atoms with van der Waals surface area (Å²) >= 11 is 0. The van der Waals surface area contributed by atoms with Gasteiger partial charge in [0.15, 0.2) is 0 Å². The summed E-state index contributed by atoms with van der Waals surface area (Å²) in [5.74, 6) is 0. The summed E-state index contributed by atoms with van der Waals surface area (Å²) in [6, 6.07) is -0.577. The molecule has 2 rings (SSSR count). The van der Waals surface area contributed by atoms with E-state index in [-0.39, 0.29) is 19.3 Å². The predicted molar refractivity (Wildman–Crippen MR) is 60.5 cm³/mol. The van der Waals surface area contributed by atoms with Crippen LogP contribution < -0.4 is 0 Å². The Morgan fingerprint density at radius 3 is 2.22 bits per heavy atom. The van der Waals surface area contributed by atoms with Gasteiger partial charge in [-0.05, 0) is 26.7 Å². The Morgan fingerprint density at radius 1 is 1.11 bits per heavy atom. The van der Waals surface area contributed by atoms with E-state index in [1.54, 1.807) is 13.8 Å². The summed E-state index contributed by atoms with van der Waals surface area (Å²) in [4.78, 5) is 23.7. The molecule has 1 saturated carbocycles. The Hall–Kier alpha value is -1.50. The molecule has 7 nitrogen and oxygen atoms in total. The van der Waals surface area contributed by atoms with E-state index >= 15 is 0 Å². The Bertz CT molecular complexity index is 348. The number of rotatable bonds is 2. The van der Waals surface area contributed by atoms with Crippen molar-refractivity contribution in [3.8, 4) is 0 Å². The molecule has 1 aliphatic carbocycles. The second kappa shape index (κ2) is 5.01. The number of aliphatic hydroxyl groups is 1. The van der Waals surface area contributed by atoms with Gasteiger partial charge < -0.3 is 14.6 Å². The van der Waals surface area contributed by atoms with Crippen LogP contribution in [-0.4, -0.2) is 58.7 Å². The maximum Gasteiger partial charge on any atom is 0.429 e. The lowest BCUT2D eigenvalue weighted by Gasteiger charge is -2.37. The van der Waals surface area contributed by atoms with Crippen molar-refractivity contribution in [2.24, 2.45) is 0 Å². The molecule has 1 aliphatic heterocycles. The molecule has 3 atom stereocenters. The number of carbonyl (C=O) groups excluding carboxylic acids is 2. The fourth-order valence-corrected chi connectivity index (χ4v) is 2.61. The number of hydrazine groups is 1. The monoisotopic (exact) mass is 258 g/mol. The fourth-order valence-electron chi connectivity index (χ4n) is 2.61. The standard InChI is InChI=1S/C11H18N2O5/c1-3-17-10(15)12-7-5-8(9(14)6-7)13(12)11(16)18-4-2/h7-9,14H,3-6H2,1-2H3/t7-,8-,9-/m1/s1. The van der Waals surface area contributed by atoms with Crippen molar-refractivity contribution in [1.82, 2.24) is 10.0 Å². The smallest absolute Gasteiger partial charge is 0.429 e. The van der Waals surface area contributed by atoms with Gasteiger partial charge in [0.1, 0.15) is 0 Å². The van der Waals surface area contributed by atoms with E-state index < -0.39 is 24.3 Å². The molecule has 2 fully saturated rings. The van der Waals surface area contributed by atoms with Crippen LogP contribution in [0.25, 0.3) is 0 Å². The molecular weight excluding hydrogens is 240 g/mol. The SMILES string of the molecule is CCOC(=O)N1[C@H]2C[C@@H](O)[C@@H](C2)N1C(=O)OCC. The van der Waals surface area contributed by atoms with Gasteiger partial charge in [-0.25, -0.2) is 19.6 Å². The number of nitrogens with zero attached hydrogens (tertiary/aromatic N) is 2. The Kier molecular flexibility index (Phi) is 3.60. The zero-order valence-corrected chi connectivity index (χ0v) is 10.5. The number of aliphatic hydroxyl groups excluding tert-OH is 1. The molecule has 7 heteroatoms. The Morgan fingerprint density at radius 2 is 1.67 bits per heavy atom. The molecule has 102 valence electrons. The molecule has 18 heavy (non-hydrogen) atoms. The molecule has 1 N–H and O–H groups in total. The van der Waals surface area contributed by atoms with Crippen LogP contribution in [0, 0.1) is 0 Å². The molecule has 2 bridgehead atoms. The van der Waals surface area contributed by atoms with Crippen molar-refractivity contribution >= 4 is 12.2 Å². The van der Waals surface area contributed by atoms with Crippen molar-refractivity contribution in [3.63, 3.8) is 0 Å². The molecular formula is C11H18N2O5. The summed E-state index contributed by atoms with van der Waals surface area (Å²) in [6.45, 7) is 3.86. The summed E-state index contributed by atoms with van der Waals surface area (Å²) in [7, 11) is 0. The second-order valence-electron chi connectivity index (χ2n) is 4.35. The third-order valence-corrected chi connectivity index (χ3v) is 3.27.